The average Bonchev–Trinajstić information content (AvgIpc) is 3.17. The number of phenols is 1. The van der Waals surface area contributed by atoms with Crippen molar-refractivity contribution in [2.45, 2.75) is 35.4 Å². The van der Waals surface area contributed by atoms with Gasteiger partial charge in [-0.1, -0.05) is 0 Å². The zero-order valence-electron chi connectivity index (χ0n) is 20.7. The summed E-state index contributed by atoms with van der Waals surface area (Å²) in [5.74, 6) is -4.43. The van der Waals surface area contributed by atoms with E-state index in [1.807, 2.05) is 0 Å². The average molecular weight is 546 g/mol. The monoisotopic (exact) mass is 545 g/mol. The number of piperazine rings is 1. The lowest BCUT2D eigenvalue weighted by Gasteiger charge is -2.41. The molecule has 4 heterocycles. The molecular formula is C25H27N3O9S. The molecule has 5 aliphatic rings. The van der Waals surface area contributed by atoms with Crippen LogP contribution in [0.5, 0.6) is 5.75 Å². The number of hydrogen-bond acceptors (Lipinski definition) is 11. The number of carbonyl (C=O) groups is 4. The van der Waals surface area contributed by atoms with E-state index >= 15 is 0 Å². The summed E-state index contributed by atoms with van der Waals surface area (Å²) in [6.45, 7) is 1.68. The van der Waals surface area contributed by atoms with Crippen LogP contribution in [0, 0.1) is 11.8 Å². The van der Waals surface area contributed by atoms with Gasteiger partial charge in [0.25, 0.3) is 0 Å². The Balaban J connectivity index is 1.42. The summed E-state index contributed by atoms with van der Waals surface area (Å²) in [5.41, 5.74) is 4.28. The Bertz CT molecular complexity index is 1260. The summed E-state index contributed by atoms with van der Waals surface area (Å²) in [7, 11) is 1.45. The number of phenolic OH excluding ortho intramolecular Hbond substituents is 1. The van der Waals surface area contributed by atoms with Gasteiger partial charge in [0.15, 0.2) is 11.5 Å². The first-order chi connectivity index (χ1) is 18.2. The number of thioether (sulfide) groups is 1. The quantitative estimate of drug-likeness (QED) is 0.372. The van der Waals surface area contributed by atoms with E-state index in [2.05, 4.69) is 0 Å². The Hall–Kier alpha value is -3.13. The molecule has 12 nitrogen and oxygen atoms in total. The van der Waals surface area contributed by atoms with Gasteiger partial charge in [-0.05, 0) is 24.3 Å². The minimum absolute atomic E-state index is 0.111. The van der Waals surface area contributed by atoms with Gasteiger partial charge in [-0.3, -0.25) is 14.4 Å². The largest absolute Gasteiger partial charge is 0.508 e. The molecule has 1 aliphatic carbocycles. The molecular weight excluding hydrogens is 518 g/mol. The third kappa shape index (κ3) is 3.28. The van der Waals surface area contributed by atoms with Crippen molar-refractivity contribution in [3.8, 4) is 5.75 Å². The highest BCUT2D eigenvalue weighted by Gasteiger charge is 2.79. The van der Waals surface area contributed by atoms with Gasteiger partial charge in [0.1, 0.15) is 18.4 Å². The van der Waals surface area contributed by atoms with Crippen molar-refractivity contribution in [2.24, 2.45) is 17.6 Å². The number of primary amides is 1. The number of amides is 2. The predicted molar refractivity (Wildman–Crippen MR) is 130 cm³/mol. The molecule has 0 saturated carbocycles. The highest BCUT2D eigenvalue weighted by atomic mass is 32.2. The van der Waals surface area contributed by atoms with Crippen LogP contribution >= 0.6 is 11.8 Å². The number of rotatable bonds is 6. The number of nitrogens with two attached hydrogens (primary N) is 1. The molecule has 202 valence electrons. The molecule has 6 rings (SSSR count). The van der Waals surface area contributed by atoms with E-state index in [1.54, 1.807) is 34.1 Å². The van der Waals surface area contributed by atoms with E-state index < -0.39 is 41.3 Å². The molecule has 1 aromatic carbocycles. The Morgan fingerprint density at radius 1 is 1.18 bits per heavy atom. The van der Waals surface area contributed by atoms with Crippen LogP contribution in [0.4, 0.5) is 4.79 Å². The van der Waals surface area contributed by atoms with E-state index in [0.717, 1.165) is 4.90 Å². The van der Waals surface area contributed by atoms with Crippen LogP contribution in [0.3, 0.4) is 0 Å². The standard InChI is InChI=1S/C25H27N3O9S/c1-12(29)28-17-9-27-19-18(15(10-35-23(26)33)24(27,34-2)21(17)28)22(32)25(36-7-8-37-25)16(20(19)31)11-38-14-5-3-13(30)4-6-14/h3-6,15-17,21,30H,7-11H2,1-2H3,(H2,26,33)/t15-,16?,17+,21+,24-,28?/m1/s1. The zero-order valence-corrected chi connectivity index (χ0v) is 21.6. The number of methoxy groups -OCH3 is 1. The molecule has 1 aromatic rings. The summed E-state index contributed by atoms with van der Waals surface area (Å²) >= 11 is 1.34. The van der Waals surface area contributed by atoms with Crippen molar-refractivity contribution in [2.75, 3.05) is 39.2 Å². The second-order valence-corrected chi connectivity index (χ2v) is 11.0. The Labute approximate surface area is 222 Å². The molecule has 0 radical (unpaired) electrons. The first-order valence-corrected chi connectivity index (χ1v) is 13.2. The van der Waals surface area contributed by atoms with Crippen LogP contribution in [0.2, 0.25) is 0 Å². The Kier molecular flexibility index (Phi) is 5.76. The molecule has 1 spiro atoms. The third-order valence-electron chi connectivity index (χ3n) is 8.14. The first-order valence-electron chi connectivity index (χ1n) is 12.2. The molecule has 4 aliphatic heterocycles. The number of aromatic hydroxyl groups is 1. The molecule has 2 amide bonds. The van der Waals surface area contributed by atoms with Crippen LogP contribution in [0.25, 0.3) is 0 Å². The maximum absolute atomic E-state index is 14.3. The fourth-order valence-electron chi connectivity index (χ4n) is 6.66. The lowest BCUT2D eigenvalue weighted by Crippen LogP contribution is -2.56. The summed E-state index contributed by atoms with van der Waals surface area (Å²) in [5, 5.41) is 9.60. The predicted octanol–water partition coefficient (Wildman–Crippen LogP) is 0.232. The van der Waals surface area contributed by atoms with Crippen LogP contribution in [0.15, 0.2) is 40.4 Å². The maximum atomic E-state index is 14.3. The SMILES string of the molecule is CO[C@@]12[C@H](COC(N)=O)C3=C(C(=O)C(CSc4ccc(O)cc4)C4(OCCO4)C3=O)N1C[C@H]1[C@@H]2N1C(C)=O. The minimum atomic E-state index is -1.83. The molecule has 1 unspecified atom stereocenters. The first kappa shape index (κ1) is 25.2. The summed E-state index contributed by atoms with van der Waals surface area (Å²) in [6, 6.07) is 5.87. The fraction of sp³-hybridized carbons (Fsp3) is 0.520. The van der Waals surface area contributed by atoms with Gasteiger partial charge in [-0.25, -0.2) is 4.79 Å². The number of ether oxygens (including phenoxy) is 4. The molecule has 3 fully saturated rings. The van der Waals surface area contributed by atoms with Crippen molar-refractivity contribution in [1.29, 1.82) is 0 Å². The highest BCUT2D eigenvalue weighted by molar-refractivity contribution is 7.99. The van der Waals surface area contributed by atoms with Gasteiger partial charge in [-0.15, -0.1) is 11.8 Å². The van der Waals surface area contributed by atoms with Crippen molar-refractivity contribution >= 4 is 35.3 Å². The number of fused-ring (bicyclic) bond motifs is 4. The van der Waals surface area contributed by atoms with E-state index in [4.69, 9.17) is 24.7 Å². The van der Waals surface area contributed by atoms with Crippen LogP contribution in [0.1, 0.15) is 6.92 Å². The second kappa shape index (κ2) is 8.70. The summed E-state index contributed by atoms with van der Waals surface area (Å²) in [4.78, 5) is 56.7. The lowest BCUT2D eigenvalue weighted by atomic mass is 9.76. The smallest absolute Gasteiger partial charge is 0.404 e. The van der Waals surface area contributed by atoms with Crippen molar-refractivity contribution in [1.82, 2.24) is 9.80 Å². The van der Waals surface area contributed by atoms with E-state index in [9.17, 15) is 24.3 Å². The summed E-state index contributed by atoms with van der Waals surface area (Å²) in [6.07, 6.45) is -1.04. The number of nitrogens with zero attached hydrogens (tertiary/aromatic N) is 2. The van der Waals surface area contributed by atoms with Crippen LogP contribution in [-0.2, 0) is 33.3 Å². The molecule has 3 saturated heterocycles. The Morgan fingerprint density at radius 2 is 1.87 bits per heavy atom. The van der Waals surface area contributed by atoms with Gasteiger partial charge < -0.3 is 39.6 Å². The molecule has 38 heavy (non-hydrogen) atoms. The van der Waals surface area contributed by atoms with Gasteiger partial charge in [0.05, 0.1) is 36.8 Å². The minimum Gasteiger partial charge on any atom is -0.508 e. The maximum Gasteiger partial charge on any atom is 0.404 e. The molecule has 0 aromatic heterocycles. The molecule has 3 N–H and O–H groups in total. The number of benzene rings is 1. The molecule has 0 bridgehead atoms. The number of hydrogen-bond donors (Lipinski definition) is 2. The van der Waals surface area contributed by atoms with Gasteiger partial charge in [-0.2, -0.15) is 0 Å². The molecule has 5 atom stereocenters. The highest BCUT2D eigenvalue weighted by Crippen LogP contribution is 2.61. The topological polar surface area (TPSA) is 158 Å². The lowest BCUT2D eigenvalue weighted by molar-refractivity contribution is -0.197. The van der Waals surface area contributed by atoms with E-state index in [1.165, 1.54) is 25.8 Å². The van der Waals surface area contributed by atoms with Gasteiger partial charge in [0.2, 0.25) is 17.5 Å². The van der Waals surface area contributed by atoms with Crippen molar-refractivity contribution < 1.29 is 43.2 Å². The molecule has 13 heteroatoms. The van der Waals surface area contributed by atoms with E-state index in [0.29, 0.717) is 0 Å². The van der Waals surface area contributed by atoms with Crippen molar-refractivity contribution in [3.63, 3.8) is 0 Å². The van der Waals surface area contributed by atoms with Crippen LogP contribution < -0.4 is 5.73 Å². The summed E-state index contributed by atoms with van der Waals surface area (Å²) < 4.78 is 23.1. The number of carbonyl (C=O) groups excluding carboxylic acids is 4. The third-order valence-corrected chi connectivity index (χ3v) is 9.25. The normalized spacial score (nSPS) is 32.5. The number of Topliss-reactive ketones (excluding diaryl/α,β-unsaturated/α-hetero) is 2. The Morgan fingerprint density at radius 3 is 2.47 bits per heavy atom. The van der Waals surface area contributed by atoms with E-state index in [-0.39, 0.29) is 66.9 Å². The fourth-order valence-corrected chi connectivity index (χ4v) is 7.72. The van der Waals surface area contributed by atoms with Crippen molar-refractivity contribution in [3.05, 3.63) is 35.5 Å². The zero-order chi connectivity index (χ0) is 27.0. The second-order valence-electron chi connectivity index (χ2n) is 9.87. The van der Waals surface area contributed by atoms with Gasteiger partial charge in [0, 0.05) is 36.8 Å². The van der Waals surface area contributed by atoms with Gasteiger partial charge >= 0.3 is 6.09 Å². The number of allylic oxidation sites excluding steroid dienone is 1. The number of ketones is 2. The van der Waals surface area contributed by atoms with Crippen LogP contribution in [-0.4, -0.2) is 101 Å².